The van der Waals surface area contributed by atoms with E-state index in [1.165, 1.54) is 0 Å². The lowest BCUT2D eigenvalue weighted by molar-refractivity contribution is 0.0600. The third kappa shape index (κ3) is 2.36. The number of carbonyl (C=O) groups is 1. The van der Waals surface area contributed by atoms with Crippen molar-refractivity contribution in [3.63, 3.8) is 0 Å². The molecular formula is C16H21BrN2O2. The molecule has 0 radical (unpaired) electrons. The minimum absolute atomic E-state index is 0.0683. The third-order valence-electron chi connectivity index (χ3n) is 5.00. The Morgan fingerprint density at radius 2 is 2.19 bits per heavy atom. The topological polar surface area (TPSA) is 41.6 Å². The van der Waals surface area contributed by atoms with E-state index in [-0.39, 0.29) is 11.4 Å². The van der Waals surface area contributed by atoms with E-state index in [1.807, 2.05) is 23.1 Å². The number of ether oxygens (including phenoxy) is 1. The van der Waals surface area contributed by atoms with Crippen molar-refractivity contribution in [3.8, 4) is 5.75 Å². The maximum atomic E-state index is 13.0. The Labute approximate surface area is 134 Å². The van der Waals surface area contributed by atoms with Crippen LogP contribution in [0.25, 0.3) is 0 Å². The Morgan fingerprint density at radius 3 is 2.86 bits per heavy atom. The predicted octanol–water partition coefficient (Wildman–Crippen LogP) is 2.53. The minimum atomic E-state index is -0.122. The monoisotopic (exact) mass is 352 g/mol. The van der Waals surface area contributed by atoms with Crippen LogP contribution in [0.1, 0.15) is 24.2 Å². The molecule has 4 nitrogen and oxygen atoms in total. The van der Waals surface area contributed by atoms with Gasteiger partial charge in [-0.2, -0.15) is 0 Å². The van der Waals surface area contributed by atoms with Gasteiger partial charge in [0, 0.05) is 29.6 Å². The zero-order chi connectivity index (χ0) is 15.2. The minimum Gasteiger partial charge on any atom is -0.496 e. The molecule has 2 aliphatic rings. The normalized spacial score (nSPS) is 26.8. The summed E-state index contributed by atoms with van der Waals surface area (Å²) in [6.07, 6.45) is 0. The van der Waals surface area contributed by atoms with Gasteiger partial charge in [-0.25, -0.2) is 0 Å². The van der Waals surface area contributed by atoms with Crippen molar-refractivity contribution in [1.29, 1.82) is 0 Å². The standard InChI is InChI=1S/C16H21BrN2O2/c1-16(2)13-8-18-7-10(13)9-19(16)15(20)12-5-4-11(17)6-14(12)21-3/h4-6,10,13,18H,7-9H2,1-3H3. The van der Waals surface area contributed by atoms with Crippen molar-refractivity contribution in [3.05, 3.63) is 28.2 Å². The van der Waals surface area contributed by atoms with Crippen molar-refractivity contribution >= 4 is 21.8 Å². The number of nitrogens with zero attached hydrogens (tertiary/aromatic N) is 1. The second-order valence-corrected chi connectivity index (χ2v) is 7.35. The van der Waals surface area contributed by atoms with E-state index in [9.17, 15) is 4.79 Å². The summed E-state index contributed by atoms with van der Waals surface area (Å²) in [5.41, 5.74) is 0.519. The van der Waals surface area contributed by atoms with Gasteiger partial charge in [-0.05, 0) is 43.9 Å². The molecule has 1 aromatic rings. The maximum Gasteiger partial charge on any atom is 0.258 e. The average Bonchev–Trinajstić information content (AvgIpc) is 3.00. The van der Waals surface area contributed by atoms with Crippen LogP contribution in [0.15, 0.2) is 22.7 Å². The van der Waals surface area contributed by atoms with Gasteiger partial charge >= 0.3 is 0 Å². The summed E-state index contributed by atoms with van der Waals surface area (Å²) in [7, 11) is 1.60. The molecule has 1 N–H and O–H groups in total. The summed E-state index contributed by atoms with van der Waals surface area (Å²) in [5, 5.41) is 3.44. The van der Waals surface area contributed by atoms with Crippen molar-refractivity contribution in [2.45, 2.75) is 19.4 Å². The Bertz CT molecular complexity index is 573. The van der Waals surface area contributed by atoms with E-state index in [2.05, 4.69) is 35.1 Å². The van der Waals surface area contributed by atoms with Crippen LogP contribution in [0.5, 0.6) is 5.75 Å². The van der Waals surface area contributed by atoms with E-state index in [1.54, 1.807) is 7.11 Å². The molecule has 1 aromatic carbocycles. The number of amides is 1. The first kappa shape index (κ1) is 14.9. The highest BCUT2D eigenvalue weighted by Crippen LogP contribution is 2.42. The summed E-state index contributed by atoms with van der Waals surface area (Å²) in [6, 6.07) is 5.58. The number of likely N-dealkylation sites (tertiary alicyclic amines) is 1. The Balaban J connectivity index is 1.92. The fourth-order valence-corrected chi connectivity index (χ4v) is 4.09. The largest absolute Gasteiger partial charge is 0.496 e. The second-order valence-electron chi connectivity index (χ2n) is 6.44. The highest BCUT2D eigenvalue weighted by atomic mass is 79.9. The van der Waals surface area contributed by atoms with Gasteiger partial charge in [0.25, 0.3) is 5.91 Å². The molecule has 0 aromatic heterocycles. The zero-order valence-corrected chi connectivity index (χ0v) is 14.2. The third-order valence-corrected chi connectivity index (χ3v) is 5.49. The van der Waals surface area contributed by atoms with Crippen LogP contribution in [-0.4, -0.2) is 43.1 Å². The molecule has 5 heteroatoms. The molecule has 0 spiro atoms. The molecule has 2 heterocycles. The molecule has 2 aliphatic heterocycles. The predicted molar refractivity (Wildman–Crippen MR) is 85.7 cm³/mol. The Morgan fingerprint density at radius 1 is 1.43 bits per heavy atom. The zero-order valence-electron chi connectivity index (χ0n) is 12.6. The molecule has 114 valence electrons. The molecular weight excluding hydrogens is 332 g/mol. The summed E-state index contributed by atoms with van der Waals surface area (Å²) in [5.74, 6) is 1.78. The first-order chi connectivity index (χ1) is 9.95. The van der Waals surface area contributed by atoms with Crippen LogP contribution in [0.2, 0.25) is 0 Å². The van der Waals surface area contributed by atoms with E-state index in [4.69, 9.17) is 4.74 Å². The van der Waals surface area contributed by atoms with E-state index in [0.29, 0.717) is 23.1 Å². The fourth-order valence-electron chi connectivity index (χ4n) is 3.75. The summed E-state index contributed by atoms with van der Waals surface area (Å²) < 4.78 is 6.29. The van der Waals surface area contributed by atoms with Crippen LogP contribution in [0.3, 0.4) is 0 Å². The quantitative estimate of drug-likeness (QED) is 0.889. The highest BCUT2D eigenvalue weighted by molar-refractivity contribution is 9.10. The summed E-state index contributed by atoms with van der Waals surface area (Å²) >= 11 is 3.42. The number of fused-ring (bicyclic) bond motifs is 1. The Hall–Kier alpha value is -1.07. The number of carbonyl (C=O) groups excluding carboxylic acids is 1. The lowest BCUT2D eigenvalue weighted by Crippen LogP contribution is -2.47. The fraction of sp³-hybridized carbons (Fsp3) is 0.562. The number of hydrogen-bond donors (Lipinski definition) is 1. The number of benzene rings is 1. The Kier molecular flexibility index (Phi) is 3.74. The molecule has 2 unspecified atom stereocenters. The van der Waals surface area contributed by atoms with Crippen molar-refractivity contribution in [2.75, 3.05) is 26.7 Å². The van der Waals surface area contributed by atoms with Gasteiger partial charge in [0.1, 0.15) is 5.75 Å². The number of rotatable bonds is 2. The summed E-state index contributed by atoms with van der Waals surface area (Å²) in [4.78, 5) is 15.0. The lowest BCUT2D eigenvalue weighted by atomic mass is 9.84. The van der Waals surface area contributed by atoms with Crippen molar-refractivity contribution in [2.24, 2.45) is 11.8 Å². The first-order valence-corrected chi connectivity index (χ1v) is 8.10. The number of halogens is 1. The smallest absolute Gasteiger partial charge is 0.258 e. The molecule has 0 saturated carbocycles. The van der Waals surface area contributed by atoms with Crippen LogP contribution in [0, 0.1) is 11.8 Å². The molecule has 2 fully saturated rings. The van der Waals surface area contributed by atoms with Crippen LogP contribution < -0.4 is 10.1 Å². The lowest BCUT2D eigenvalue weighted by Gasteiger charge is -2.36. The van der Waals surface area contributed by atoms with Gasteiger partial charge in [0.15, 0.2) is 0 Å². The van der Waals surface area contributed by atoms with Crippen molar-refractivity contribution < 1.29 is 9.53 Å². The molecule has 1 amide bonds. The van der Waals surface area contributed by atoms with E-state index >= 15 is 0 Å². The SMILES string of the molecule is COc1cc(Br)ccc1C(=O)N1CC2CNCC2C1(C)C. The van der Waals surface area contributed by atoms with Gasteiger partial charge < -0.3 is 15.0 Å². The maximum absolute atomic E-state index is 13.0. The van der Waals surface area contributed by atoms with Gasteiger partial charge in [-0.3, -0.25) is 4.79 Å². The highest BCUT2D eigenvalue weighted by Gasteiger charge is 2.51. The molecule has 3 rings (SSSR count). The van der Waals surface area contributed by atoms with Crippen LogP contribution in [-0.2, 0) is 0 Å². The molecule has 2 atom stereocenters. The van der Waals surface area contributed by atoms with Gasteiger partial charge in [-0.1, -0.05) is 15.9 Å². The first-order valence-electron chi connectivity index (χ1n) is 7.31. The van der Waals surface area contributed by atoms with Gasteiger partial charge in [0.05, 0.1) is 12.7 Å². The molecule has 0 aliphatic carbocycles. The van der Waals surface area contributed by atoms with E-state index in [0.717, 1.165) is 24.1 Å². The molecule has 0 bridgehead atoms. The second kappa shape index (κ2) is 5.29. The van der Waals surface area contributed by atoms with Crippen LogP contribution in [0.4, 0.5) is 0 Å². The van der Waals surface area contributed by atoms with E-state index < -0.39 is 0 Å². The number of hydrogen-bond acceptors (Lipinski definition) is 3. The van der Waals surface area contributed by atoms with Gasteiger partial charge in [0.2, 0.25) is 0 Å². The van der Waals surface area contributed by atoms with Crippen LogP contribution >= 0.6 is 15.9 Å². The average molecular weight is 353 g/mol. The van der Waals surface area contributed by atoms with Crippen molar-refractivity contribution in [1.82, 2.24) is 10.2 Å². The summed E-state index contributed by atoms with van der Waals surface area (Å²) in [6.45, 7) is 7.18. The number of methoxy groups -OCH3 is 1. The molecule has 2 saturated heterocycles. The van der Waals surface area contributed by atoms with Gasteiger partial charge in [-0.15, -0.1) is 0 Å². The molecule has 21 heavy (non-hydrogen) atoms. The number of nitrogens with one attached hydrogen (secondary N) is 1.